The summed E-state index contributed by atoms with van der Waals surface area (Å²) in [7, 11) is 0. The van der Waals surface area contributed by atoms with E-state index in [0.29, 0.717) is 6.42 Å². The Kier molecular flexibility index (Phi) is 1.57. The summed E-state index contributed by atoms with van der Waals surface area (Å²) in [5.41, 5.74) is -2.14. The van der Waals surface area contributed by atoms with Gasteiger partial charge in [-0.2, -0.15) is 0 Å². The molecule has 0 aromatic carbocycles. The molecule has 2 aliphatic rings. The zero-order chi connectivity index (χ0) is 10.6. The lowest BCUT2D eigenvalue weighted by Gasteiger charge is -2.35. The third-order valence-corrected chi connectivity index (χ3v) is 3.64. The molecule has 0 spiro atoms. The highest BCUT2D eigenvalue weighted by molar-refractivity contribution is 5.93. The molecule has 1 N–H and O–H groups in total. The van der Waals surface area contributed by atoms with Crippen LogP contribution in [-0.2, 0) is 14.3 Å². The molecule has 1 aliphatic carbocycles. The van der Waals surface area contributed by atoms with Gasteiger partial charge in [-0.25, -0.2) is 0 Å². The molecule has 14 heavy (non-hydrogen) atoms. The van der Waals surface area contributed by atoms with Gasteiger partial charge in [0.25, 0.3) is 0 Å². The summed E-state index contributed by atoms with van der Waals surface area (Å²) < 4.78 is 5.08. The summed E-state index contributed by atoms with van der Waals surface area (Å²) in [5, 5.41) is 9.20. The number of hydrogen-bond donors (Lipinski definition) is 1. The molecule has 0 saturated carbocycles. The quantitative estimate of drug-likeness (QED) is 0.501. The van der Waals surface area contributed by atoms with Crippen molar-refractivity contribution in [2.45, 2.75) is 26.4 Å². The summed E-state index contributed by atoms with van der Waals surface area (Å²) >= 11 is 0. The van der Waals surface area contributed by atoms with Gasteiger partial charge >= 0.3 is 11.9 Å². The first kappa shape index (κ1) is 9.24. The van der Waals surface area contributed by atoms with Crippen LogP contribution in [0.25, 0.3) is 0 Å². The first-order valence-corrected chi connectivity index (χ1v) is 4.55. The average molecular weight is 196 g/mol. The number of aliphatic carboxylic acids is 1. The Bertz CT molecular complexity index is 346. The first-order chi connectivity index (χ1) is 6.43. The molecule has 1 aliphatic heterocycles. The smallest absolute Gasteiger partial charge is 0.317 e. The van der Waals surface area contributed by atoms with E-state index in [1.54, 1.807) is 19.9 Å². The van der Waals surface area contributed by atoms with Gasteiger partial charge in [0.15, 0.2) is 0 Å². The predicted octanol–water partition coefficient (Wildman–Crippen LogP) is 0.969. The van der Waals surface area contributed by atoms with Crippen molar-refractivity contribution >= 4 is 11.9 Å². The van der Waals surface area contributed by atoms with Crippen LogP contribution >= 0.6 is 0 Å². The van der Waals surface area contributed by atoms with Gasteiger partial charge < -0.3 is 9.84 Å². The third-order valence-electron chi connectivity index (χ3n) is 3.64. The van der Waals surface area contributed by atoms with E-state index < -0.39 is 28.9 Å². The number of fused-ring (bicyclic) bond motifs is 2. The highest BCUT2D eigenvalue weighted by atomic mass is 16.6. The van der Waals surface area contributed by atoms with Gasteiger partial charge in [0.1, 0.15) is 16.9 Å². The monoisotopic (exact) mass is 196 g/mol. The maximum Gasteiger partial charge on any atom is 0.317 e. The number of rotatable bonds is 1. The zero-order valence-corrected chi connectivity index (χ0v) is 8.11. The molecule has 3 atom stereocenters. The summed E-state index contributed by atoms with van der Waals surface area (Å²) in [5.74, 6) is -1.40. The number of carboxylic acids is 1. The maximum atomic E-state index is 11.6. The van der Waals surface area contributed by atoms with E-state index in [9.17, 15) is 14.7 Å². The second-order valence-corrected chi connectivity index (χ2v) is 4.24. The molecule has 1 saturated heterocycles. The molecule has 0 aromatic rings. The Morgan fingerprint density at radius 2 is 2.29 bits per heavy atom. The number of ether oxygens (including phenoxy) is 1. The third kappa shape index (κ3) is 0.744. The Hall–Kier alpha value is -1.32. The lowest BCUT2D eigenvalue weighted by atomic mass is 9.61. The van der Waals surface area contributed by atoms with Crippen molar-refractivity contribution in [1.82, 2.24) is 0 Å². The van der Waals surface area contributed by atoms with E-state index in [1.807, 2.05) is 6.08 Å². The van der Waals surface area contributed by atoms with Gasteiger partial charge in [0, 0.05) is 6.42 Å². The van der Waals surface area contributed by atoms with Crippen molar-refractivity contribution in [2.75, 3.05) is 0 Å². The zero-order valence-electron chi connectivity index (χ0n) is 8.11. The summed E-state index contributed by atoms with van der Waals surface area (Å²) in [6.45, 7) is 3.20. The summed E-state index contributed by atoms with van der Waals surface area (Å²) in [6, 6.07) is 0. The fraction of sp³-hybridized carbons (Fsp3) is 0.600. The van der Waals surface area contributed by atoms with Crippen molar-refractivity contribution in [3.8, 4) is 0 Å². The van der Waals surface area contributed by atoms with Crippen molar-refractivity contribution in [2.24, 2.45) is 10.8 Å². The molecule has 2 rings (SSSR count). The van der Waals surface area contributed by atoms with E-state index in [4.69, 9.17) is 4.74 Å². The van der Waals surface area contributed by atoms with Crippen molar-refractivity contribution in [3.05, 3.63) is 12.2 Å². The van der Waals surface area contributed by atoms with Gasteiger partial charge in [0.05, 0.1) is 0 Å². The standard InChI is InChI=1S/C10H12O4/c1-9-5-3-4-6(14-8(9)13)10(9,2)7(11)12/h3,5-6H,4H2,1-2H3,(H,11,12)/t6-,9-,10+/m0/s1. The van der Waals surface area contributed by atoms with Gasteiger partial charge in [-0.05, 0) is 13.8 Å². The van der Waals surface area contributed by atoms with Crippen LogP contribution in [0.4, 0.5) is 0 Å². The van der Waals surface area contributed by atoms with Crippen LogP contribution in [0.1, 0.15) is 20.3 Å². The van der Waals surface area contributed by atoms with Crippen LogP contribution in [0.15, 0.2) is 12.2 Å². The molecule has 0 amide bonds. The molecular weight excluding hydrogens is 184 g/mol. The molecule has 0 aromatic heterocycles. The molecular formula is C10H12O4. The molecule has 76 valence electrons. The number of carboxylic acid groups (broad SMARTS) is 1. The minimum atomic E-state index is -1.13. The average Bonchev–Trinajstić information content (AvgIpc) is 2.23. The van der Waals surface area contributed by atoms with Crippen LogP contribution in [0.3, 0.4) is 0 Å². The maximum absolute atomic E-state index is 11.6. The second kappa shape index (κ2) is 2.38. The molecule has 1 fully saturated rings. The van der Waals surface area contributed by atoms with Crippen LogP contribution in [-0.4, -0.2) is 23.1 Å². The van der Waals surface area contributed by atoms with Crippen LogP contribution < -0.4 is 0 Å². The Morgan fingerprint density at radius 3 is 2.71 bits per heavy atom. The number of hydrogen-bond acceptors (Lipinski definition) is 3. The molecule has 0 radical (unpaired) electrons. The Morgan fingerprint density at radius 1 is 1.64 bits per heavy atom. The lowest BCUT2D eigenvalue weighted by molar-refractivity contribution is -0.155. The number of esters is 1. The molecule has 2 bridgehead atoms. The molecule has 0 unspecified atom stereocenters. The minimum Gasteiger partial charge on any atom is -0.481 e. The van der Waals surface area contributed by atoms with Crippen molar-refractivity contribution in [3.63, 3.8) is 0 Å². The second-order valence-electron chi connectivity index (χ2n) is 4.24. The summed E-state index contributed by atoms with van der Waals surface area (Å²) in [4.78, 5) is 22.8. The van der Waals surface area contributed by atoms with Crippen LogP contribution in [0, 0.1) is 10.8 Å². The normalized spacial score (nSPS) is 45.0. The number of carbonyl (C=O) groups excluding carboxylic acids is 1. The molecule has 1 heterocycles. The number of carbonyl (C=O) groups is 2. The van der Waals surface area contributed by atoms with E-state index in [-0.39, 0.29) is 0 Å². The Balaban J connectivity index is 2.60. The van der Waals surface area contributed by atoms with Crippen LogP contribution in [0.5, 0.6) is 0 Å². The fourth-order valence-electron chi connectivity index (χ4n) is 2.23. The van der Waals surface area contributed by atoms with Gasteiger partial charge in [-0.3, -0.25) is 9.59 Å². The van der Waals surface area contributed by atoms with E-state index in [0.717, 1.165) is 0 Å². The molecule has 4 nitrogen and oxygen atoms in total. The summed E-state index contributed by atoms with van der Waals surface area (Å²) in [6.07, 6.45) is 3.44. The van der Waals surface area contributed by atoms with Gasteiger partial charge in [-0.1, -0.05) is 12.2 Å². The SMILES string of the molecule is C[C@]12C=CC[C@H](OC1=O)[C@]2(C)C(=O)O. The van der Waals surface area contributed by atoms with E-state index in [1.165, 1.54) is 0 Å². The minimum absolute atomic E-state index is 0.429. The lowest BCUT2D eigenvalue weighted by Crippen LogP contribution is -2.48. The van der Waals surface area contributed by atoms with Crippen LogP contribution in [0.2, 0.25) is 0 Å². The van der Waals surface area contributed by atoms with E-state index in [2.05, 4.69) is 0 Å². The molecule has 4 heteroatoms. The van der Waals surface area contributed by atoms with Gasteiger partial charge in [-0.15, -0.1) is 0 Å². The van der Waals surface area contributed by atoms with Crippen molar-refractivity contribution in [1.29, 1.82) is 0 Å². The first-order valence-electron chi connectivity index (χ1n) is 4.55. The Labute approximate surface area is 81.6 Å². The highest BCUT2D eigenvalue weighted by Gasteiger charge is 2.66. The highest BCUT2D eigenvalue weighted by Crippen LogP contribution is 2.54. The predicted molar refractivity (Wildman–Crippen MR) is 47.5 cm³/mol. The topological polar surface area (TPSA) is 63.6 Å². The van der Waals surface area contributed by atoms with Gasteiger partial charge in [0.2, 0.25) is 0 Å². The van der Waals surface area contributed by atoms with Crippen molar-refractivity contribution < 1.29 is 19.4 Å². The van der Waals surface area contributed by atoms with E-state index >= 15 is 0 Å². The fourth-order valence-corrected chi connectivity index (χ4v) is 2.23. The largest absolute Gasteiger partial charge is 0.481 e.